The molecule has 0 aliphatic rings. The van der Waals surface area contributed by atoms with Gasteiger partial charge in [0, 0.05) is 19.3 Å². The van der Waals surface area contributed by atoms with Gasteiger partial charge in [0.2, 0.25) is 23.6 Å². The zero-order valence-corrected chi connectivity index (χ0v) is 26.7. The molecule has 0 heterocycles. The van der Waals surface area contributed by atoms with Gasteiger partial charge in [0.15, 0.2) is 0 Å². The molecule has 4 amide bonds. The number of carbonyl (C=O) groups is 6. The van der Waals surface area contributed by atoms with Crippen molar-refractivity contribution in [2.45, 2.75) is 89.2 Å². The van der Waals surface area contributed by atoms with Gasteiger partial charge in [-0.15, -0.1) is 0 Å². The molecule has 7 atom stereocenters. The zero-order chi connectivity index (χ0) is 35.1. The van der Waals surface area contributed by atoms with Gasteiger partial charge in [0.05, 0.1) is 6.10 Å². The summed E-state index contributed by atoms with van der Waals surface area (Å²) < 4.78 is 0. The third-order valence-electron chi connectivity index (χ3n) is 7.71. The maximum absolute atomic E-state index is 13.7. The van der Waals surface area contributed by atoms with Crippen LogP contribution >= 0.6 is 0 Å². The Morgan fingerprint density at radius 1 is 0.681 bits per heavy atom. The predicted molar refractivity (Wildman–Crippen MR) is 172 cm³/mol. The van der Waals surface area contributed by atoms with Crippen molar-refractivity contribution in [1.29, 1.82) is 0 Å². The number of amides is 4. The maximum atomic E-state index is 13.7. The number of aliphatic hydroxyl groups excluding tert-OH is 1. The van der Waals surface area contributed by atoms with Crippen LogP contribution in [0.3, 0.4) is 0 Å². The molecule has 2 aromatic rings. The number of nitrogens with two attached hydrogens (primary N) is 1. The maximum Gasteiger partial charge on any atom is 0.326 e. The van der Waals surface area contributed by atoms with Gasteiger partial charge in [-0.05, 0) is 30.4 Å². The lowest BCUT2D eigenvalue weighted by Crippen LogP contribution is -2.60. The first-order valence-corrected chi connectivity index (χ1v) is 15.4. The molecule has 0 spiro atoms. The molecule has 0 radical (unpaired) electrons. The Balaban J connectivity index is 2.39. The topological polar surface area (TPSA) is 237 Å². The third kappa shape index (κ3) is 12.8. The molecule has 0 fully saturated rings. The van der Waals surface area contributed by atoms with Crippen LogP contribution in [0, 0.1) is 5.92 Å². The van der Waals surface area contributed by atoms with Crippen LogP contribution in [0.15, 0.2) is 60.7 Å². The molecule has 0 bridgehead atoms. The van der Waals surface area contributed by atoms with Crippen molar-refractivity contribution < 1.29 is 44.1 Å². The molecule has 0 unspecified atom stereocenters. The minimum atomic E-state index is -1.44. The molecule has 0 saturated carbocycles. The number of carboxylic acids is 2. The molecule has 14 nitrogen and oxygen atoms in total. The van der Waals surface area contributed by atoms with E-state index in [0.29, 0.717) is 17.5 Å². The van der Waals surface area contributed by atoms with Crippen molar-refractivity contribution in [2.24, 2.45) is 11.7 Å². The summed E-state index contributed by atoms with van der Waals surface area (Å²) in [5.74, 6) is -6.27. The summed E-state index contributed by atoms with van der Waals surface area (Å²) in [5, 5.41) is 38.8. The van der Waals surface area contributed by atoms with Gasteiger partial charge in [0.1, 0.15) is 30.2 Å². The zero-order valence-electron chi connectivity index (χ0n) is 26.7. The van der Waals surface area contributed by atoms with E-state index in [1.165, 1.54) is 6.92 Å². The second-order valence-electron chi connectivity index (χ2n) is 11.5. The summed E-state index contributed by atoms with van der Waals surface area (Å²) in [6.45, 7) is 4.71. The largest absolute Gasteiger partial charge is 0.481 e. The smallest absolute Gasteiger partial charge is 0.326 e. The fourth-order valence-electron chi connectivity index (χ4n) is 4.62. The van der Waals surface area contributed by atoms with Gasteiger partial charge in [-0.1, -0.05) is 80.9 Å². The van der Waals surface area contributed by atoms with Crippen molar-refractivity contribution in [3.63, 3.8) is 0 Å². The standard InChI is InChI=1S/C33H45N5O9/c1-4-19(2)28(33(46)47)38-29(42)23(15-16-26(40)41)35-30(43)24(17-21-11-7-5-8-12-21)36-31(44)25(18-22-13-9-6-10-14-22)37-32(45)27(34)20(3)39/h5-14,19-20,23-25,27-28,39H,4,15-18,34H2,1-3H3,(H,35,43)(H,36,44)(H,37,45)(H,38,42)(H,40,41)(H,46,47)/t19-,20-,23-,24-,25-,27-,28+/m0/s1. The number of hydrogen-bond acceptors (Lipinski definition) is 8. The lowest BCUT2D eigenvalue weighted by molar-refractivity contribution is -0.144. The normalized spacial score (nSPS) is 15.4. The molecule has 0 aliphatic heterocycles. The summed E-state index contributed by atoms with van der Waals surface area (Å²) in [6, 6.07) is 10.8. The monoisotopic (exact) mass is 655 g/mol. The van der Waals surface area contributed by atoms with Crippen LogP contribution in [0.2, 0.25) is 0 Å². The molecule has 0 aliphatic carbocycles. The highest BCUT2D eigenvalue weighted by molar-refractivity contribution is 5.96. The van der Waals surface area contributed by atoms with E-state index < -0.39 is 84.2 Å². The molecule has 2 rings (SSSR count). The summed E-state index contributed by atoms with van der Waals surface area (Å²) in [7, 11) is 0. The first-order valence-electron chi connectivity index (χ1n) is 15.4. The molecule has 47 heavy (non-hydrogen) atoms. The van der Waals surface area contributed by atoms with E-state index >= 15 is 0 Å². The quantitative estimate of drug-likeness (QED) is 0.102. The molecular weight excluding hydrogens is 610 g/mol. The van der Waals surface area contributed by atoms with Gasteiger partial charge in [-0.2, -0.15) is 0 Å². The molecule has 14 heteroatoms. The van der Waals surface area contributed by atoms with E-state index in [9.17, 15) is 44.1 Å². The Bertz CT molecular complexity index is 1360. The van der Waals surface area contributed by atoms with Gasteiger partial charge in [-0.25, -0.2) is 4.79 Å². The second kappa shape index (κ2) is 19.0. The Hall–Kier alpha value is -4.82. The average Bonchev–Trinajstić information content (AvgIpc) is 3.04. The number of rotatable bonds is 19. The summed E-state index contributed by atoms with van der Waals surface area (Å²) in [5.41, 5.74) is 7.12. The molecule has 9 N–H and O–H groups in total. The van der Waals surface area contributed by atoms with Gasteiger partial charge < -0.3 is 42.3 Å². The van der Waals surface area contributed by atoms with Gasteiger partial charge in [-0.3, -0.25) is 24.0 Å². The predicted octanol–water partition coefficient (Wildman–Crippen LogP) is 0.115. The molecule has 0 aromatic heterocycles. The Morgan fingerprint density at radius 3 is 1.51 bits per heavy atom. The van der Waals surface area contributed by atoms with Crippen LogP contribution in [0.5, 0.6) is 0 Å². The summed E-state index contributed by atoms with van der Waals surface area (Å²) in [4.78, 5) is 76.7. The van der Waals surface area contributed by atoms with E-state index in [1.807, 2.05) is 0 Å². The van der Waals surface area contributed by atoms with Crippen LogP contribution in [0.4, 0.5) is 0 Å². The highest BCUT2D eigenvalue weighted by Crippen LogP contribution is 2.11. The van der Waals surface area contributed by atoms with Crippen LogP contribution < -0.4 is 27.0 Å². The van der Waals surface area contributed by atoms with Crippen molar-refractivity contribution in [3.8, 4) is 0 Å². The molecule has 2 aromatic carbocycles. The number of aliphatic hydroxyl groups is 1. The van der Waals surface area contributed by atoms with E-state index in [0.717, 1.165) is 0 Å². The third-order valence-corrected chi connectivity index (χ3v) is 7.71. The van der Waals surface area contributed by atoms with E-state index in [1.54, 1.807) is 74.5 Å². The first-order chi connectivity index (χ1) is 22.2. The van der Waals surface area contributed by atoms with E-state index in [4.69, 9.17) is 5.73 Å². The van der Waals surface area contributed by atoms with E-state index in [-0.39, 0.29) is 19.3 Å². The number of carbonyl (C=O) groups excluding carboxylic acids is 4. The molecular formula is C33H45N5O9. The number of aliphatic carboxylic acids is 2. The number of hydrogen-bond donors (Lipinski definition) is 8. The molecule has 256 valence electrons. The molecule has 0 saturated heterocycles. The minimum absolute atomic E-state index is 0.0143. The second-order valence-corrected chi connectivity index (χ2v) is 11.5. The number of carboxylic acid groups (broad SMARTS) is 2. The summed E-state index contributed by atoms with van der Waals surface area (Å²) in [6.07, 6.45) is -1.67. The highest BCUT2D eigenvalue weighted by Gasteiger charge is 2.33. The Kier molecular flexibility index (Phi) is 15.5. The van der Waals surface area contributed by atoms with Crippen molar-refractivity contribution in [1.82, 2.24) is 21.3 Å². The van der Waals surface area contributed by atoms with Crippen LogP contribution in [0.25, 0.3) is 0 Å². The lowest BCUT2D eigenvalue weighted by atomic mass is 9.98. The van der Waals surface area contributed by atoms with Crippen molar-refractivity contribution in [2.75, 3.05) is 0 Å². The van der Waals surface area contributed by atoms with Crippen LogP contribution in [-0.4, -0.2) is 87.2 Å². The lowest BCUT2D eigenvalue weighted by Gasteiger charge is -2.27. The average molecular weight is 656 g/mol. The van der Waals surface area contributed by atoms with E-state index in [2.05, 4.69) is 21.3 Å². The first kappa shape index (κ1) is 38.4. The van der Waals surface area contributed by atoms with Crippen LogP contribution in [0.1, 0.15) is 51.2 Å². The highest BCUT2D eigenvalue weighted by atomic mass is 16.4. The van der Waals surface area contributed by atoms with Gasteiger partial charge in [0.25, 0.3) is 0 Å². The SMILES string of the molecule is CC[C@H](C)[C@@H](NC(=O)[C@H](CCC(=O)O)NC(=O)[C@H](Cc1ccccc1)NC(=O)[C@H](Cc1ccccc1)NC(=O)[C@@H](N)[C@H](C)O)C(=O)O. The minimum Gasteiger partial charge on any atom is -0.481 e. The number of nitrogens with one attached hydrogen (secondary N) is 4. The fraction of sp³-hybridized carbons (Fsp3) is 0.455. The fourth-order valence-corrected chi connectivity index (χ4v) is 4.62. The number of benzene rings is 2. The van der Waals surface area contributed by atoms with Crippen LogP contribution in [-0.2, 0) is 41.6 Å². The summed E-state index contributed by atoms with van der Waals surface area (Å²) >= 11 is 0. The Labute approximate surface area is 273 Å². The van der Waals surface area contributed by atoms with Crippen molar-refractivity contribution in [3.05, 3.63) is 71.8 Å². The van der Waals surface area contributed by atoms with Gasteiger partial charge >= 0.3 is 11.9 Å². The van der Waals surface area contributed by atoms with Crippen molar-refractivity contribution >= 4 is 35.6 Å². The Morgan fingerprint density at radius 2 is 1.11 bits per heavy atom.